The number of amides is 1. The molecule has 0 saturated carbocycles. The highest BCUT2D eigenvalue weighted by Gasteiger charge is 2.38. The average Bonchev–Trinajstić information content (AvgIpc) is 2.82. The third kappa shape index (κ3) is 3.65. The number of nitrogens with zero attached hydrogens (tertiary/aromatic N) is 1. The highest BCUT2D eigenvalue weighted by Crippen LogP contribution is 2.22. The van der Waals surface area contributed by atoms with Crippen LogP contribution in [0, 0.1) is 6.92 Å². The molecular weight excluding hydrogens is 298 g/mol. The number of hydrogen-bond acceptors (Lipinski definition) is 4. The molecule has 0 bridgehead atoms. The van der Waals surface area contributed by atoms with Crippen molar-refractivity contribution in [2.45, 2.75) is 25.5 Å². The fourth-order valence-corrected chi connectivity index (χ4v) is 2.38. The molecular formula is C14H16ClNO5. The maximum atomic E-state index is 12.0. The lowest BCUT2D eigenvalue weighted by molar-refractivity contribution is -0.148. The highest BCUT2D eigenvalue weighted by molar-refractivity contribution is 6.31. The molecule has 114 valence electrons. The van der Waals surface area contributed by atoms with Crippen LogP contribution in [-0.2, 0) is 9.59 Å². The third-order valence-corrected chi connectivity index (χ3v) is 3.80. The van der Waals surface area contributed by atoms with Crippen molar-refractivity contribution in [3.05, 3.63) is 28.8 Å². The molecule has 1 saturated heterocycles. The van der Waals surface area contributed by atoms with Gasteiger partial charge in [0, 0.05) is 18.0 Å². The van der Waals surface area contributed by atoms with Crippen molar-refractivity contribution in [1.29, 1.82) is 0 Å². The quantitative estimate of drug-likeness (QED) is 0.868. The molecule has 0 aliphatic carbocycles. The Morgan fingerprint density at radius 2 is 2.19 bits per heavy atom. The average molecular weight is 314 g/mol. The van der Waals surface area contributed by atoms with Crippen molar-refractivity contribution >= 4 is 23.5 Å². The van der Waals surface area contributed by atoms with Crippen LogP contribution in [0.5, 0.6) is 5.75 Å². The molecule has 0 spiro atoms. The van der Waals surface area contributed by atoms with E-state index in [0.717, 1.165) is 10.5 Å². The summed E-state index contributed by atoms with van der Waals surface area (Å²) >= 11 is 5.89. The maximum Gasteiger partial charge on any atom is 0.326 e. The highest BCUT2D eigenvalue weighted by atomic mass is 35.5. The molecule has 0 aromatic heterocycles. The largest absolute Gasteiger partial charge is 0.484 e. The number of carbonyl (C=O) groups excluding carboxylic acids is 1. The van der Waals surface area contributed by atoms with E-state index in [4.69, 9.17) is 21.4 Å². The summed E-state index contributed by atoms with van der Waals surface area (Å²) in [5, 5.41) is 19.1. The normalized spacial score (nSPS) is 21.4. The Kier molecular flexibility index (Phi) is 4.69. The lowest BCUT2D eigenvalue weighted by Gasteiger charge is -2.21. The number of hydrogen-bond donors (Lipinski definition) is 2. The van der Waals surface area contributed by atoms with Crippen LogP contribution in [0.1, 0.15) is 12.0 Å². The first-order chi connectivity index (χ1) is 9.88. The molecule has 21 heavy (non-hydrogen) atoms. The van der Waals surface area contributed by atoms with Crippen LogP contribution in [-0.4, -0.2) is 52.3 Å². The second kappa shape index (κ2) is 6.32. The van der Waals surface area contributed by atoms with Gasteiger partial charge in [0.15, 0.2) is 6.61 Å². The maximum absolute atomic E-state index is 12.0. The molecule has 1 heterocycles. The molecule has 2 rings (SSSR count). The van der Waals surface area contributed by atoms with Crippen molar-refractivity contribution in [3.8, 4) is 5.75 Å². The number of aliphatic hydroxyl groups excluding tert-OH is 1. The van der Waals surface area contributed by atoms with E-state index in [9.17, 15) is 14.7 Å². The van der Waals surface area contributed by atoms with Gasteiger partial charge >= 0.3 is 5.97 Å². The number of likely N-dealkylation sites (tertiary alicyclic amines) is 1. The van der Waals surface area contributed by atoms with Crippen molar-refractivity contribution in [3.63, 3.8) is 0 Å². The summed E-state index contributed by atoms with van der Waals surface area (Å²) in [4.78, 5) is 24.2. The van der Waals surface area contributed by atoms with E-state index < -0.39 is 24.0 Å². The van der Waals surface area contributed by atoms with E-state index in [0.29, 0.717) is 10.8 Å². The number of carbonyl (C=O) groups is 2. The van der Waals surface area contributed by atoms with Crippen LogP contribution in [0.2, 0.25) is 5.02 Å². The number of rotatable bonds is 4. The van der Waals surface area contributed by atoms with E-state index in [1.807, 2.05) is 6.92 Å². The van der Waals surface area contributed by atoms with Gasteiger partial charge in [-0.05, 0) is 30.7 Å². The van der Waals surface area contributed by atoms with Gasteiger partial charge in [-0.2, -0.15) is 0 Å². The zero-order chi connectivity index (χ0) is 15.6. The lowest BCUT2D eigenvalue weighted by atomic mass is 10.2. The molecule has 6 nitrogen and oxygen atoms in total. The van der Waals surface area contributed by atoms with Gasteiger partial charge < -0.3 is 19.8 Å². The second-order valence-corrected chi connectivity index (χ2v) is 5.40. The van der Waals surface area contributed by atoms with Crippen LogP contribution >= 0.6 is 11.6 Å². The van der Waals surface area contributed by atoms with E-state index >= 15 is 0 Å². The summed E-state index contributed by atoms with van der Waals surface area (Å²) in [5.41, 5.74) is 0.821. The van der Waals surface area contributed by atoms with E-state index in [2.05, 4.69) is 0 Å². The molecule has 1 amide bonds. The van der Waals surface area contributed by atoms with Gasteiger partial charge in [-0.15, -0.1) is 0 Å². The molecule has 1 aromatic carbocycles. The Balaban J connectivity index is 1.97. The van der Waals surface area contributed by atoms with Gasteiger partial charge in [-0.3, -0.25) is 4.79 Å². The smallest absolute Gasteiger partial charge is 0.326 e. The number of halogens is 1. The van der Waals surface area contributed by atoms with E-state index in [1.165, 1.54) is 0 Å². The Bertz CT molecular complexity index is 562. The molecule has 1 fully saturated rings. The molecule has 1 aromatic rings. The fourth-order valence-electron chi connectivity index (χ4n) is 2.26. The van der Waals surface area contributed by atoms with E-state index in [1.54, 1.807) is 18.2 Å². The van der Waals surface area contributed by atoms with Gasteiger partial charge in [-0.25, -0.2) is 4.79 Å². The standard InChI is InChI=1S/C14H16ClNO5/c1-8-4-10(2-3-11(8)15)21-7-13(18)16-6-9(17)5-12(16)14(19)20/h2-4,9,12,17H,5-7H2,1H3,(H,19,20)/t9-,12-/m1/s1. The Morgan fingerprint density at radius 3 is 2.81 bits per heavy atom. The first-order valence-corrected chi connectivity index (χ1v) is 6.85. The minimum Gasteiger partial charge on any atom is -0.484 e. The first kappa shape index (κ1) is 15.6. The molecule has 0 unspecified atom stereocenters. The van der Waals surface area contributed by atoms with Gasteiger partial charge in [0.25, 0.3) is 5.91 Å². The van der Waals surface area contributed by atoms with Crippen LogP contribution in [0.3, 0.4) is 0 Å². The van der Waals surface area contributed by atoms with Crippen molar-refractivity contribution in [2.75, 3.05) is 13.2 Å². The topological polar surface area (TPSA) is 87.1 Å². The Hall–Kier alpha value is -1.79. The zero-order valence-corrected chi connectivity index (χ0v) is 12.2. The number of aryl methyl sites for hydroxylation is 1. The zero-order valence-electron chi connectivity index (χ0n) is 11.5. The van der Waals surface area contributed by atoms with Crippen LogP contribution < -0.4 is 4.74 Å². The number of carboxylic acid groups (broad SMARTS) is 1. The second-order valence-electron chi connectivity index (χ2n) is 4.99. The molecule has 7 heteroatoms. The Morgan fingerprint density at radius 1 is 1.48 bits per heavy atom. The van der Waals surface area contributed by atoms with Crippen LogP contribution in [0.4, 0.5) is 0 Å². The Labute approximate surface area is 126 Å². The number of ether oxygens (including phenoxy) is 1. The number of carboxylic acids is 1. The summed E-state index contributed by atoms with van der Waals surface area (Å²) in [7, 11) is 0. The molecule has 0 radical (unpaired) electrons. The predicted molar refractivity (Wildman–Crippen MR) is 75.4 cm³/mol. The summed E-state index contributed by atoms with van der Waals surface area (Å²) in [5.74, 6) is -1.11. The number of benzene rings is 1. The molecule has 2 N–H and O–H groups in total. The predicted octanol–water partition coefficient (Wildman–Crippen LogP) is 1.07. The summed E-state index contributed by atoms with van der Waals surface area (Å²) in [6.45, 7) is 1.55. The number of β-amino-alcohol motifs (C(OH)–C–C–N with tert-alkyl or cyclic N) is 1. The van der Waals surface area contributed by atoms with E-state index in [-0.39, 0.29) is 19.6 Å². The van der Waals surface area contributed by atoms with Crippen LogP contribution in [0.15, 0.2) is 18.2 Å². The molecule has 2 atom stereocenters. The molecule has 1 aliphatic rings. The molecule has 1 aliphatic heterocycles. The summed E-state index contributed by atoms with van der Waals surface area (Å²) < 4.78 is 5.35. The monoisotopic (exact) mass is 313 g/mol. The summed E-state index contributed by atoms with van der Waals surface area (Å²) in [6, 6.07) is 4.00. The minimum atomic E-state index is -1.12. The SMILES string of the molecule is Cc1cc(OCC(=O)N2C[C@H](O)C[C@@H]2C(=O)O)ccc1Cl. The first-order valence-electron chi connectivity index (χ1n) is 6.47. The van der Waals surface area contributed by atoms with Gasteiger partial charge in [0.2, 0.25) is 0 Å². The van der Waals surface area contributed by atoms with Gasteiger partial charge in [-0.1, -0.05) is 11.6 Å². The van der Waals surface area contributed by atoms with Gasteiger partial charge in [0.05, 0.1) is 6.10 Å². The number of aliphatic hydroxyl groups is 1. The summed E-state index contributed by atoms with van der Waals surface area (Å²) in [6.07, 6.45) is -0.769. The number of aliphatic carboxylic acids is 1. The lowest BCUT2D eigenvalue weighted by Crippen LogP contribution is -2.42. The fraction of sp³-hybridized carbons (Fsp3) is 0.429. The third-order valence-electron chi connectivity index (χ3n) is 3.38. The minimum absolute atomic E-state index is 0.0127. The van der Waals surface area contributed by atoms with Crippen molar-refractivity contribution in [2.24, 2.45) is 0 Å². The van der Waals surface area contributed by atoms with Crippen molar-refractivity contribution in [1.82, 2.24) is 4.90 Å². The van der Waals surface area contributed by atoms with Crippen molar-refractivity contribution < 1.29 is 24.5 Å². The van der Waals surface area contributed by atoms with Gasteiger partial charge in [0.1, 0.15) is 11.8 Å². The van der Waals surface area contributed by atoms with Crippen LogP contribution in [0.25, 0.3) is 0 Å².